The fourth-order valence-corrected chi connectivity index (χ4v) is 2.56. The van der Waals surface area contributed by atoms with E-state index in [0.29, 0.717) is 18.0 Å². The molecule has 0 spiro atoms. The molecule has 4 nitrogen and oxygen atoms in total. The average molecular weight is 289 g/mol. The molecule has 1 saturated carbocycles. The number of carbonyl (C=O) groups is 1. The predicted octanol–water partition coefficient (Wildman–Crippen LogP) is 3.11. The van der Waals surface area contributed by atoms with Crippen LogP contribution in [-0.2, 0) is 4.79 Å². The predicted molar refractivity (Wildman–Crippen MR) is 88.2 cm³/mol. The van der Waals surface area contributed by atoms with Crippen LogP contribution in [0.15, 0.2) is 24.3 Å². The van der Waals surface area contributed by atoms with E-state index in [0.717, 1.165) is 31.2 Å². The minimum absolute atomic E-state index is 0.0834. The van der Waals surface area contributed by atoms with Crippen molar-refractivity contribution in [1.82, 2.24) is 4.90 Å². The number of nitrogen functional groups attached to an aromatic ring is 1. The van der Waals surface area contributed by atoms with Gasteiger partial charge >= 0.3 is 0 Å². The van der Waals surface area contributed by atoms with E-state index in [1.165, 1.54) is 12.8 Å². The molecule has 0 aromatic heterocycles. The zero-order chi connectivity index (χ0) is 15.2. The molecule has 1 aromatic rings. The van der Waals surface area contributed by atoms with Crippen LogP contribution in [0.3, 0.4) is 0 Å². The summed E-state index contributed by atoms with van der Waals surface area (Å²) in [7, 11) is 0. The highest BCUT2D eigenvalue weighted by atomic mass is 16.1. The molecule has 21 heavy (non-hydrogen) atoms. The largest absolute Gasteiger partial charge is 0.399 e. The summed E-state index contributed by atoms with van der Waals surface area (Å²) in [5, 5.41) is 2.92. The van der Waals surface area contributed by atoms with E-state index in [1.54, 1.807) is 12.1 Å². The van der Waals surface area contributed by atoms with E-state index in [-0.39, 0.29) is 5.91 Å². The highest BCUT2D eigenvalue weighted by Gasteiger charge is 2.28. The second kappa shape index (κ2) is 7.46. The van der Waals surface area contributed by atoms with E-state index in [9.17, 15) is 4.79 Å². The van der Waals surface area contributed by atoms with Crippen LogP contribution >= 0.6 is 0 Å². The van der Waals surface area contributed by atoms with Gasteiger partial charge in [0.1, 0.15) is 0 Å². The Balaban J connectivity index is 1.69. The zero-order valence-corrected chi connectivity index (χ0v) is 13.1. The van der Waals surface area contributed by atoms with Crippen LogP contribution in [0.2, 0.25) is 0 Å². The average Bonchev–Trinajstić information content (AvgIpc) is 3.24. The van der Waals surface area contributed by atoms with Gasteiger partial charge in [-0.05, 0) is 56.0 Å². The summed E-state index contributed by atoms with van der Waals surface area (Å²) in [5.74, 6) is 0.772. The first kappa shape index (κ1) is 15.8. The van der Waals surface area contributed by atoms with Gasteiger partial charge in [-0.15, -0.1) is 0 Å². The third kappa shape index (κ3) is 5.76. The first-order valence-corrected chi connectivity index (χ1v) is 7.94. The fraction of sp³-hybridized carbons (Fsp3) is 0.588. The second-order valence-electron chi connectivity index (χ2n) is 6.39. The maximum atomic E-state index is 11.9. The second-order valence-corrected chi connectivity index (χ2v) is 6.39. The smallest absolute Gasteiger partial charge is 0.224 e. The molecule has 0 aliphatic heterocycles. The third-order valence-electron chi connectivity index (χ3n) is 3.71. The van der Waals surface area contributed by atoms with Gasteiger partial charge in [-0.2, -0.15) is 0 Å². The molecule has 4 heteroatoms. The third-order valence-corrected chi connectivity index (χ3v) is 3.71. The summed E-state index contributed by atoms with van der Waals surface area (Å²) in [6, 6.07) is 8.04. The van der Waals surface area contributed by atoms with Crippen molar-refractivity contribution in [2.24, 2.45) is 5.92 Å². The first-order valence-electron chi connectivity index (χ1n) is 7.94. The van der Waals surface area contributed by atoms with Crippen LogP contribution in [0.1, 0.15) is 39.5 Å². The normalized spacial score (nSPS) is 14.7. The molecule has 0 bridgehead atoms. The van der Waals surface area contributed by atoms with Crippen LogP contribution in [0, 0.1) is 5.92 Å². The Labute approximate surface area is 127 Å². The van der Waals surface area contributed by atoms with Gasteiger partial charge in [0.2, 0.25) is 5.91 Å². The van der Waals surface area contributed by atoms with E-state index in [2.05, 4.69) is 24.1 Å². The molecular formula is C17H27N3O. The lowest BCUT2D eigenvalue weighted by Crippen LogP contribution is -2.31. The summed E-state index contributed by atoms with van der Waals surface area (Å²) < 4.78 is 0. The molecule has 3 N–H and O–H groups in total. The number of carbonyl (C=O) groups excluding carboxylic acids is 1. The van der Waals surface area contributed by atoms with Crippen LogP contribution in [0.4, 0.5) is 11.4 Å². The van der Waals surface area contributed by atoms with Crippen LogP contribution in [-0.4, -0.2) is 29.9 Å². The molecule has 0 atom stereocenters. The van der Waals surface area contributed by atoms with Crippen LogP contribution in [0.25, 0.3) is 0 Å². The van der Waals surface area contributed by atoms with Crippen molar-refractivity contribution < 1.29 is 4.79 Å². The molecule has 1 aliphatic rings. The Morgan fingerprint density at radius 1 is 1.33 bits per heavy atom. The molecule has 1 fully saturated rings. The van der Waals surface area contributed by atoms with E-state index in [1.807, 2.05) is 12.1 Å². The van der Waals surface area contributed by atoms with Gasteiger partial charge < -0.3 is 16.0 Å². The quantitative estimate of drug-likeness (QED) is 0.723. The van der Waals surface area contributed by atoms with Crippen LogP contribution in [0.5, 0.6) is 0 Å². The molecule has 0 unspecified atom stereocenters. The fourth-order valence-electron chi connectivity index (χ4n) is 2.56. The van der Waals surface area contributed by atoms with Gasteiger partial charge in [0.05, 0.1) is 0 Å². The molecule has 1 amide bonds. The number of nitrogens with one attached hydrogen (secondary N) is 1. The van der Waals surface area contributed by atoms with Crippen molar-refractivity contribution in [3.8, 4) is 0 Å². The number of hydrogen-bond acceptors (Lipinski definition) is 3. The Kier molecular flexibility index (Phi) is 5.62. The molecule has 0 radical (unpaired) electrons. The topological polar surface area (TPSA) is 58.4 Å². The zero-order valence-electron chi connectivity index (χ0n) is 13.1. The van der Waals surface area contributed by atoms with E-state index in [4.69, 9.17) is 5.73 Å². The lowest BCUT2D eigenvalue weighted by molar-refractivity contribution is -0.116. The summed E-state index contributed by atoms with van der Waals surface area (Å²) in [6.07, 6.45) is 4.14. The number of nitrogens with zero attached hydrogens (tertiary/aromatic N) is 1. The number of nitrogens with two attached hydrogens (primary N) is 1. The Morgan fingerprint density at radius 2 is 2.00 bits per heavy atom. The Bertz CT molecular complexity index is 452. The minimum Gasteiger partial charge on any atom is -0.399 e. The van der Waals surface area contributed by atoms with E-state index < -0.39 is 0 Å². The highest BCUT2D eigenvalue weighted by Crippen LogP contribution is 2.27. The number of hydrogen-bond donors (Lipinski definition) is 2. The van der Waals surface area contributed by atoms with Crippen molar-refractivity contribution in [2.45, 2.75) is 45.6 Å². The summed E-state index contributed by atoms with van der Waals surface area (Å²) in [6.45, 7) is 6.68. The SMILES string of the molecule is CC(C)CN(CCCC(=O)Nc1ccc(N)cc1)C1CC1. The summed E-state index contributed by atoms with van der Waals surface area (Å²) in [4.78, 5) is 14.5. The maximum absolute atomic E-state index is 11.9. The lowest BCUT2D eigenvalue weighted by atomic mass is 10.2. The van der Waals surface area contributed by atoms with Gasteiger partial charge in [0, 0.05) is 30.4 Å². The Morgan fingerprint density at radius 3 is 2.57 bits per heavy atom. The summed E-state index contributed by atoms with van der Waals surface area (Å²) in [5.41, 5.74) is 7.15. The van der Waals surface area contributed by atoms with Crippen molar-refractivity contribution in [2.75, 3.05) is 24.1 Å². The summed E-state index contributed by atoms with van der Waals surface area (Å²) >= 11 is 0. The van der Waals surface area contributed by atoms with Crippen molar-refractivity contribution in [3.05, 3.63) is 24.3 Å². The van der Waals surface area contributed by atoms with Gasteiger partial charge in [0.15, 0.2) is 0 Å². The van der Waals surface area contributed by atoms with Crippen molar-refractivity contribution in [3.63, 3.8) is 0 Å². The minimum atomic E-state index is 0.0834. The van der Waals surface area contributed by atoms with Crippen molar-refractivity contribution >= 4 is 17.3 Å². The van der Waals surface area contributed by atoms with E-state index >= 15 is 0 Å². The first-order chi connectivity index (χ1) is 10.0. The van der Waals surface area contributed by atoms with Gasteiger partial charge in [-0.3, -0.25) is 4.79 Å². The maximum Gasteiger partial charge on any atom is 0.224 e. The number of amides is 1. The van der Waals surface area contributed by atoms with Crippen LogP contribution < -0.4 is 11.1 Å². The highest BCUT2D eigenvalue weighted by molar-refractivity contribution is 5.90. The molecule has 1 aliphatic carbocycles. The molecule has 1 aromatic carbocycles. The number of rotatable bonds is 8. The Hall–Kier alpha value is -1.55. The molecule has 0 heterocycles. The van der Waals surface area contributed by atoms with Crippen molar-refractivity contribution in [1.29, 1.82) is 0 Å². The molecule has 2 rings (SSSR count). The lowest BCUT2D eigenvalue weighted by Gasteiger charge is -2.23. The molecule has 116 valence electrons. The number of benzene rings is 1. The monoisotopic (exact) mass is 289 g/mol. The van der Waals surface area contributed by atoms with Gasteiger partial charge in [0.25, 0.3) is 0 Å². The molecular weight excluding hydrogens is 262 g/mol. The number of anilines is 2. The molecule has 0 saturated heterocycles. The standard InChI is InChI=1S/C17H27N3O/c1-13(2)12-20(16-9-10-16)11-3-4-17(21)19-15-7-5-14(18)6-8-15/h5-8,13,16H,3-4,9-12,18H2,1-2H3,(H,19,21). The van der Waals surface area contributed by atoms with Gasteiger partial charge in [-0.1, -0.05) is 13.8 Å². The van der Waals surface area contributed by atoms with Gasteiger partial charge in [-0.25, -0.2) is 0 Å².